The predicted molar refractivity (Wildman–Crippen MR) is 60.4 cm³/mol. The van der Waals surface area contributed by atoms with Gasteiger partial charge in [0.2, 0.25) is 0 Å². The van der Waals surface area contributed by atoms with Crippen LogP contribution in [0.4, 0.5) is 0 Å². The normalized spacial score (nSPS) is 20.5. The van der Waals surface area contributed by atoms with Crippen molar-refractivity contribution in [3.8, 4) is 0 Å². The molecule has 0 radical (unpaired) electrons. The zero-order valence-corrected chi connectivity index (χ0v) is 9.33. The van der Waals surface area contributed by atoms with Crippen molar-refractivity contribution in [2.45, 2.75) is 38.8 Å². The van der Waals surface area contributed by atoms with Crippen molar-refractivity contribution in [1.82, 2.24) is 4.90 Å². The van der Waals surface area contributed by atoms with Gasteiger partial charge in [0.25, 0.3) is 0 Å². The number of fused-ring (bicyclic) bond motifs is 1. The van der Waals surface area contributed by atoms with Crippen LogP contribution >= 0.6 is 0 Å². The van der Waals surface area contributed by atoms with Crippen LogP contribution in [0.1, 0.15) is 37.4 Å². The summed E-state index contributed by atoms with van der Waals surface area (Å²) in [6.07, 6.45) is 2.53. The highest BCUT2D eigenvalue weighted by Gasteiger charge is 2.26. The molecule has 0 aromatic heterocycles. The molecule has 2 rings (SSSR count). The van der Waals surface area contributed by atoms with Crippen molar-refractivity contribution in [3.63, 3.8) is 0 Å². The molecule has 76 valence electrons. The second-order valence-electron chi connectivity index (χ2n) is 4.51. The fourth-order valence-electron chi connectivity index (χ4n) is 2.32. The summed E-state index contributed by atoms with van der Waals surface area (Å²) in [4.78, 5) is 2.48. The Morgan fingerprint density at radius 1 is 1.29 bits per heavy atom. The van der Waals surface area contributed by atoms with Crippen molar-refractivity contribution in [1.29, 1.82) is 0 Å². The highest BCUT2D eigenvalue weighted by molar-refractivity contribution is 5.34. The molecule has 0 N–H and O–H groups in total. The number of hydrogen-bond donors (Lipinski definition) is 0. The molecule has 0 aliphatic heterocycles. The minimum absolute atomic E-state index is 0.631. The van der Waals surface area contributed by atoms with Gasteiger partial charge in [-0.15, -0.1) is 0 Å². The molecule has 1 heteroatoms. The number of aryl methyl sites for hydroxylation is 1. The Bertz CT molecular complexity index is 317. The number of hydrogen-bond acceptors (Lipinski definition) is 1. The van der Waals surface area contributed by atoms with Gasteiger partial charge in [0.05, 0.1) is 0 Å². The lowest BCUT2D eigenvalue weighted by atomic mass is 10.1. The van der Waals surface area contributed by atoms with Crippen LogP contribution in [0.2, 0.25) is 0 Å². The van der Waals surface area contributed by atoms with Gasteiger partial charge in [0.15, 0.2) is 0 Å². The summed E-state index contributed by atoms with van der Waals surface area (Å²) in [5.41, 5.74) is 3.09. The van der Waals surface area contributed by atoms with Crippen LogP contribution in [0.3, 0.4) is 0 Å². The van der Waals surface area contributed by atoms with Crippen LogP contribution in [0.15, 0.2) is 24.3 Å². The van der Waals surface area contributed by atoms with Crippen molar-refractivity contribution < 1.29 is 0 Å². The quantitative estimate of drug-likeness (QED) is 0.691. The van der Waals surface area contributed by atoms with E-state index in [9.17, 15) is 0 Å². The van der Waals surface area contributed by atoms with Crippen LogP contribution in [0, 0.1) is 0 Å². The molecule has 1 unspecified atom stereocenters. The molecule has 1 aliphatic rings. The number of benzene rings is 1. The summed E-state index contributed by atoms with van der Waals surface area (Å²) < 4.78 is 0. The topological polar surface area (TPSA) is 3.24 Å². The summed E-state index contributed by atoms with van der Waals surface area (Å²) in [7, 11) is 2.23. The third-order valence-corrected chi connectivity index (χ3v) is 3.41. The van der Waals surface area contributed by atoms with Gasteiger partial charge in [0, 0.05) is 12.1 Å². The smallest absolute Gasteiger partial charge is 0.0353 e. The van der Waals surface area contributed by atoms with E-state index in [1.165, 1.54) is 12.8 Å². The van der Waals surface area contributed by atoms with E-state index in [1.54, 1.807) is 11.1 Å². The molecule has 1 aromatic rings. The zero-order valence-electron chi connectivity index (χ0n) is 9.33. The maximum atomic E-state index is 2.48. The van der Waals surface area contributed by atoms with E-state index in [1.807, 2.05) is 0 Å². The Balaban J connectivity index is 2.26. The predicted octanol–water partition coefficient (Wildman–Crippen LogP) is 3.01. The summed E-state index contributed by atoms with van der Waals surface area (Å²) in [6, 6.07) is 10.1. The third-order valence-electron chi connectivity index (χ3n) is 3.41. The highest BCUT2D eigenvalue weighted by atomic mass is 15.2. The van der Waals surface area contributed by atoms with Gasteiger partial charge in [-0.1, -0.05) is 24.3 Å². The molecule has 0 heterocycles. The SMILES string of the molecule is CC(C)N(C)C1CCc2ccccc21. The minimum Gasteiger partial charge on any atom is -0.297 e. The van der Waals surface area contributed by atoms with Crippen molar-refractivity contribution in [2.75, 3.05) is 7.05 Å². The van der Waals surface area contributed by atoms with Gasteiger partial charge in [-0.25, -0.2) is 0 Å². The zero-order chi connectivity index (χ0) is 10.1. The largest absolute Gasteiger partial charge is 0.297 e. The molecule has 1 atom stereocenters. The first kappa shape index (κ1) is 9.72. The van der Waals surface area contributed by atoms with E-state index >= 15 is 0 Å². The fourth-order valence-corrected chi connectivity index (χ4v) is 2.32. The van der Waals surface area contributed by atoms with Gasteiger partial charge in [0.1, 0.15) is 0 Å². The van der Waals surface area contributed by atoms with Crippen molar-refractivity contribution in [3.05, 3.63) is 35.4 Å². The standard InChI is InChI=1S/C13H19N/c1-10(2)14(3)13-9-8-11-6-4-5-7-12(11)13/h4-7,10,13H,8-9H2,1-3H3. The lowest BCUT2D eigenvalue weighted by Crippen LogP contribution is -2.29. The van der Waals surface area contributed by atoms with Crippen LogP contribution in [-0.4, -0.2) is 18.0 Å². The molecular weight excluding hydrogens is 170 g/mol. The van der Waals surface area contributed by atoms with E-state index < -0.39 is 0 Å². The van der Waals surface area contributed by atoms with E-state index in [0.717, 1.165) is 0 Å². The molecule has 0 fully saturated rings. The van der Waals surface area contributed by atoms with Crippen LogP contribution < -0.4 is 0 Å². The second kappa shape index (κ2) is 3.74. The lowest BCUT2D eigenvalue weighted by molar-refractivity contribution is 0.196. The molecule has 1 aliphatic carbocycles. The first-order valence-electron chi connectivity index (χ1n) is 5.50. The molecule has 0 spiro atoms. The second-order valence-corrected chi connectivity index (χ2v) is 4.51. The number of nitrogens with zero attached hydrogens (tertiary/aromatic N) is 1. The van der Waals surface area contributed by atoms with Crippen molar-refractivity contribution >= 4 is 0 Å². The summed E-state index contributed by atoms with van der Waals surface area (Å²) >= 11 is 0. The third kappa shape index (κ3) is 1.57. The molecule has 1 aromatic carbocycles. The van der Waals surface area contributed by atoms with E-state index in [-0.39, 0.29) is 0 Å². The maximum Gasteiger partial charge on any atom is 0.0353 e. The summed E-state index contributed by atoms with van der Waals surface area (Å²) in [5.74, 6) is 0. The molecule has 0 bridgehead atoms. The molecular formula is C13H19N. The van der Waals surface area contributed by atoms with Gasteiger partial charge in [-0.2, -0.15) is 0 Å². The molecule has 14 heavy (non-hydrogen) atoms. The summed E-state index contributed by atoms with van der Waals surface area (Å²) in [5, 5.41) is 0. The average molecular weight is 189 g/mol. The van der Waals surface area contributed by atoms with Crippen LogP contribution in [0.25, 0.3) is 0 Å². The molecule has 1 nitrogen and oxygen atoms in total. The van der Waals surface area contributed by atoms with Crippen molar-refractivity contribution in [2.24, 2.45) is 0 Å². The van der Waals surface area contributed by atoms with Gasteiger partial charge >= 0.3 is 0 Å². The first-order chi connectivity index (χ1) is 6.70. The molecule has 0 saturated heterocycles. The Kier molecular flexibility index (Phi) is 2.60. The highest BCUT2D eigenvalue weighted by Crippen LogP contribution is 2.35. The summed E-state index contributed by atoms with van der Waals surface area (Å²) in [6.45, 7) is 4.53. The first-order valence-corrected chi connectivity index (χ1v) is 5.50. The Morgan fingerprint density at radius 2 is 2.00 bits per heavy atom. The van der Waals surface area contributed by atoms with E-state index in [4.69, 9.17) is 0 Å². The average Bonchev–Trinajstić information content (AvgIpc) is 2.60. The van der Waals surface area contributed by atoms with E-state index in [0.29, 0.717) is 12.1 Å². The van der Waals surface area contributed by atoms with Crippen LogP contribution in [-0.2, 0) is 6.42 Å². The Labute approximate surface area is 86.7 Å². The van der Waals surface area contributed by atoms with Gasteiger partial charge in [-0.3, -0.25) is 4.90 Å². The monoisotopic (exact) mass is 189 g/mol. The lowest BCUT2D eigenvalue weighted by Gasteiger charge is -2.28. The van der Waals surface area contributed by atoms with Crippen LogP contribution in [0.5, 0.6) is 0 Å². The number of rotatable bonds is 2. The minimum atomic E-state index is 0.631. The molecule has 0 saturated carbocycles. The van der Waals surface area contributed by atoms with Gasteiger partial charge < -0.3 is 0 Å². The van der Waals surface area contributed by atoms with E-state index in [2.05, 4.69) is 50.1 Å². The Hall–Kier alpha value is -0.820. The van der Waals surface area contributed by atoms with Gasteiger partial charge in [-0.05, 0) is 44.9 Å². The fraction of sp³-hybridized carbons (Fsp3) is 0.538. The maximum absolute atomic E-state index is 2.48. The Morgan fingerprint density at radius 3 is 2.71 bits per heavy atom. The molecule has 0 amide bonds.